The lowest BCUT2D eigenvalue weighted by Crippen LogP contribution is -2.42. The zero-order chi connectivity index (χ0) is 29.1. The van der Waals surface area contributed by atoms with Crippen molar-refractivity contribution >= 4 is 22.8 Å². The number of hydrogen-bond donors (Lipinski definition) is 1. The lowest BCUT2D eigenvalue weighted by molar-refractivity contribution is -0.125. The molecule has 2 fully saturated rings. The van der Waals surface area contributed by atoms with Gasteiger partial charge in [-0.25, -0.2) is 14.6 Å². The summed E-state index contributed by atoms with van der Waals surface area (Å²) < 4.78 is 7.90. The summed E-state index contributed by atoms with van der Waals surface area (Å²) in [4.78, 5) is 28.3. The summed E-state index contributed by atoms with van der Waals surface area (Å²) in [5, 5.41) is 5.69. The first-order valence-electron chi connectivity index (χ1n) is 15.1. The molecular weight excluding hydrogens is 526 g/mol. The Hall–Kier alpha value is -4.27. The zero-order valence-corrected chi connectivity index (χ0v) is 24.4. The Bertz CT molecular complexity index is 1560. The molecule has 218 valence electrons. The number of benzene rings is 1. The first-order valence-corrected chi connectivity index (χ1v) is 15.1. The minimum atomic E-state index is 0.134. The van der Waals surface area contributed by atoms with Crippen LogP contribution < -0.4 is 10.5 Å². The number of para-hydroxylation sites is 1. The number of rotatable bonds is 10. The van der Waals surface area contributed by atoms with Gasteiger partial charge in [0, 0.05) is 13.1 Å². The lowest BCUT2D eigenvalue weighted by Gasteiger charge is -2.45. The van der Waals surface area contributed by atoms with Crippen LogP contribution in [0.3, 0.4) is 0 Å². The number of carbonyl (C=O) groups is 1. The number of nitrogen functional groups attached to an aromatic ring is 1. The van der Waals surface area contributed by atoms with Crippen LogP contribution in [0.15, 0.2) is 67.1 Å². The van der Waals surface area contributed by atoms with Gasteiger partial charge < -0.3 is 15.4 Å². The van der Waals surface area contributed by atoms with Gasteiger partial charge in [0.05, 0.1) is 23.3 Å². The van der Waals surface area contributed by atoms with E-state index in [2.05, 4.69) is 34.9 Å². The van der Waals surface area contributed by atoms with Crippen molar-refractivity contribution in [1.82, 2.24) is 29.6 Å². The SMILES string of the molecule is CCCC(C)CC/C=C/C(=O)N1CC[C@]2(C1)C[C@H](n1nc(-c3ccc(Oc4ccccc4)cn3)c3c(N)ncnc31)C2. The molecule has 1 aromatic carbocycles. The fourth-order valence-electron chi connectivity index (χ4n) is 6.51. The van der Waals surface area contributed by atoms with E-state index in [9.17, 15) is 4.79 Å². The molecule has 9 heteroatoms. The number of likely N-dealkylation sites (tertiary alicyclic amines) is 1. The Labute approximate surface area is 246 Å². The molecule has 1 aliphatic carbocycles. The monoisotopic (exact) mass is 565 g/mol. The van der Waals surface area contributed by atoms with Gasteiger partial charge in [0.1, 0.15) is 29.3 Å². The van der Waals surface area contributed by atoms with Crippen LogP contribution in [0.25, 0.3) is 22.4 Å². The molecule has 3 aromatic heterocycles. The molecule has 1 spiro atoms. The molecule has 0 bridgehead atoms. The number of nitrogens with two attached hydrogens (primary N) is 1. The van der Waals surface area contributed by atoms with Crippen molar-refractivity contribution in [2.24, 2.45) is 11.3 Å². The molecule has 6 rings (SSSR count). The van der Waals surface area contributed by atoms with Gasteiger partial charge in [-0.05, 0) is 73.8 Å². The Morgan fingerprint density at radius 1 is 1.12 bits per heavy atom. The molecule has 9 nitrogen and oxygen atoms in total. The van der Waals surface area contributed by atoms with Crippen molar-refractivity contribution in [2.45, 2.75) is 64.8 Å². The predicted molar refractivity (Wildman–Crippen MR) is 164 cm³/mol. The second-order valence-corrected chi connectivity index (χ2v) is 12.0. The third kappa shape index (κ3) is 5.73. The number of aromatic nitrogens is 5. The highest BCUT2D eigenvalue weighted by atomic mass is 16.5. The molecule has 42 heavy (non-hydrogen) atoms. The number of nitrogens with zero attached hydrogens (tertiary/aromatic N) is 6. The Morgan fingerprint density at radius 2 is 1.95 bits per heavy atom. The summed E-state index contributed by atoms with van der Waals surface area (Å²) >= 11 is 0. The highest BCUT2D eigenvalue weighted by molar-refractivity contribution is 5.97. The molecule has 2 aliphatic rings. The molecular formula is C33H39N7O2. The standard InChI is InChI=1S/C33H39N7O2/c1-3-9-23(2)10-7-8-13-28(41)39-17-16-33(21-39)18-24(19-33)40-32-29(31(34)36-22-37-32)30(38-40)27-15-14-26(20-35-27)42-25-11-5-4-6-12-25/h4-6,8,11-15,20,22-24H,3,7,9-10,16-19,21H2,1-2H3,(H2,34,36,37)/b13-8+/t23?,24-,33-. The number of pyridine rings is 1. The van der Waals surface area contributed by atoms with Gasteiger partial charge in [0.2, 0.25) is 5.91 Å². The third-order valence-corrected chi connectivity index (χ3v) is 8.78. The van der Waals surface area contributed by atoms with E-state index >= 15 is 0 Å². The van der Waals surface area contributed by atoms with Crippen LogP contribution in [-0.2, 0) is 4.79 Å². The van der Waals surface area contributed by atoms with Crippen molar-refractivity contribution in [3.8, 4) is 22.9 Å². The number of hydrogen-bond acceptors (Lipinski definition) is 7. The molecule has 1 amide bonds. The molecule has 4 aromatic rings. The number of allylic oxidation sites excluding steroid dienone is 1. The minimum Gasteiger partial charge on any atom is -0.456 e. The topological polar surface area (TPSA) is 112 Å². The van der Waals surface area contributed by atoms with E-state index in [0.29, 0.717) is 34.3 Å². The summed E-state index contributed by atoms with van der Waals surface area (Å²) in [5.74, 6) is 2.62. The van der Waals surface area contributed by atoms with Crippen LogP contribution in [0.5, 0.6) is 11.5 Å². The largest absolute Gasteiger partial charge is 0.456 e. The summed E-state index contributed by atoms with van der Waals surface area (Å²) in [5.41, 5.74) is 8.54. The number of amides is 1. The fourth-order valence-corrected chi connectivity index (χ4v) is 6.51. The maximum atomic E-state index is 12.9. The first-order chi connectivity index (χ1) is 20.4. The molecule has 1 saturated carbocycles. The molecule has 2 N–H and O–H groups in total. The molecule has 1 atom stereocenters. The van der Waals surface area contributed by atoms with Gasteiger partial charge in [-0.15, -0.1) is 0 Å². The fraction of sp³-hybridized carbons (Fsp3) is 0.424. The summed E-state index contributed by atoms with van der Waals surface area (Å²) in [6.07, 6.45) is 14.5. The van der Waals surface area contributed by atoms with E-state index in [1.165, 1.54) is 19.2 Å². The molecule has 1 unspecified atom stereocenters. The third-order valence-electron chi connectivity index (χ3n) is 8.78. The van der Waals surface area contributed by atoms with Gasteiger partial charge in [-0.2, -0.15) is 5.10 Å². The average molecular weight is 566 g/mol. The van der Waals surface area contributed by atoms with Crippen molar-refractivity contribution < 1.29 is 9.53 Å². The van der Waals surface area contributed by atoms with Crippen LogP contribution >= 0.6 is 0 Å². The van der Waals surface area contributed by atoms with E-state index in [1.807, 2.05) is 52.0 Å². The molecule has 4 heterocycles. The Balaban J connectivity index is 1.13. The number of anilines is 1. The maximum absolute atomic E-state index is 12.9. The van der Waals surface area contributed by atoms with Crippen molar-refractivity contribution in [3.63, 3.8) is 0 Å². The van der Waals surface area contributed by atoms with E-state index in [4.69, 9.17) is 15.6 Å². The Morgan fingerprint density at radius 3 is 2.71 bits per heavy atom. The van der Waals surface area contributed by atoms with E-state index < -0.39 is 0 Å². The Kier molecular flexibility index (Phi) is 7.91. The van der Waals surface area contributed by atoms with Crippen molar-refractivity contribution in [1.29, 1.82) is 0 Å². The van der Waals surface area contributed by atoms with Crippen LogP contribution in [0.1, 0.15) is 64.8 Å². The highest BCUT2D eigenvalue weighted by Crippen LogP contribution is 2.54. The molecule has 1 aliphatic heterocycles. The van der Waals surface area contributed by atoms with E-state index in [1.54, 1.807) is 12.3 Å². The number of carbonyl (C=O) groups excluding carboxylic acids is 1. The highest BCUT2D eigenvalue weighted by Gasteiger charge is 2.50. The van der Waals surface area contributed by atoms with Crippen LogP contribution in [0.4, 0.5) is 5.82 Å². The van der Waals surface area contributed by atoms with Crippen molar-refractivity contribution in [2.75, 3.05) is 18.8 Å². The van der Waals surface area contributed by atoms with Gasteiger partial charge >= 0.3 is 0 Å². The van der Waals surface area contributed by atoms with Crippen LogP contribution in [-0.4, -0.2) is 48.6 Å². The average Bonchev–Trinajstić information content (AvgIpc) is 3.60. The number of fused-ring (bicyclic) bond motifs is 1. The molecule has 1 saturated heterocycles. The van der Waals surface area contributed by atoms with E-state index in [0.717, 1.165) is 56.6 Å². The second-order valence-electron chi connectivity index (χ2n) is 12.0. The minimum absolute atomic E-state index is 0.134. The quantitative estimate of drug-likeness (QED) is 0.216. The molecule has 0 radical (unpaired) electrons. The normalized spacial score (nSPS) is 20.8. The van der Waals surface area contributed by atoms with Gasteiger partial charge in [-0.1, -0.05) is 51.0 Å². The van der Waals surface area contributed by atoms with Gasteiger partial charge in [0.15, 0.2) is 5.65 Å². The summed E-state index contributed by atoms with van der Waals surface area (Å²) in [7, 11) is 0. The van der Waals surface area contributed by atoms with Gasteiger partial charge in [0.25, 0.3) is 0 Å². The smallest absolute Gasteiger partial charge is 0.246 e. The van der Waals surface area contributed by atoms with Gasteiger partial charge in [-0.3, -0.25) is 9.78 Å². The zero-order valence-electron chi connectivity index (χ0n) is 24.4. The summed E-state index contributed by atoms with van der Waals surface area (Å²) in [6.45, 7) is 6.12. The van der Waals surface area contributed by atoms with Crippen molar-refractivity contribution in [3.05, 3.63) is 67.1 Å². The predicted octanol–water partition coefficient (Wildman–Crippen LogP) is 6.59. The lowest BCUT2D eigenvalue weighted by atomic mass is 9.65. The first kappa shape index (κ1) is 27.9. The second kappa shape index (κ2) is 11.9. The maximum Gasteiger partial charge on any atom is 0.246 e. The van der Waals surface area contributed by atoms with E-state index in [-0.39, 0.29) is 17.4 Å². The van der Waals surface area contributed by atoms with Crippen LogP contribution in [0.2, 0.25) is 0 Å². The van der Waals surface area contributed by atoms with Crippen LogP contribution in [0, 0.1) is 11.3 Å². The summed E-state index contributed by atoms with van der Waals surface area (Å²) in [6, 6.07) is 13.6. The number of ether oxygens (including phenoxy) is 1.